The number of hydrogen-bond acceptors (Lipinski definition) is 8. The molecule has 2 aromatic rings. The third-order valence-electron chi connectivity index (χ3n) is 4.60. The van der Waals surface area contributed by atoms with Crippen molar-refractivity contribution in [3.63, 3.8) is 0 Å². The van der Waals surface area contributed by atoms with Crippen LogP contribution in [-0.4, -0.2) is 38.7 Å². The number of aromatic hydroxyl groups is 1. The molecule has 9 heteroatoms. The molecule has 0 radical (unpaired) electrons. The highest BCUT2D eigenvalue weighted by Crippen LogP contribution is 2.48. The third-order valence-corrected chi connectivity index (χ3v) is 5.29. The van der Waals surface area contributed by atoms with Gasteiger partial charge in [0.1, 0.15) is 11.6 Å². The quantitative estimate of drug-likeness (QED) is 0.783. The molecule has 8 nitrogen and oxygen atoms in total. The number of nitrogens with zero attached hydrogens (tertiary/aromatic N) is 3. The fourth-order valence-electron chi connectivity index (χ4n) is 3.22. The number of aliphatic hydroxyl groups excluding tert-OH is 1. The highest BCUT2D eigenvalue weighted by atomic mass is 32.1. The van der Waals surface area contributed by atoms with Crippen molar-refractivity contribution >= 4 is 28.2 Å². The molecule has 1 fully saturated rings. The molecule has 140 valence electrons. The van der Waals surface area contributed by atoms with Crippen LogP contribution in [0.5, 0.6) is 11.5 Å². The molecule has 1 atom stereocenters. The summed E-state index contributed by atoms with van der Waals surface area (Å²) in [6, 6.07) is 3.87. The van der Waals surface area contributed by atoms with E-state index in [0.29, 0.717) is 6.61 Å². The lowest BCUT2D eigenvalue weighted by atomic mass is 9.93. The number of phenolic OH excluding ortho intramolecular Hbond substituents is 1. The molecule has 0 bridgehead atoms. The normalized spacial score (nSPS) is 19.7. The Morgan fingerprint density at radius 1 is 1.37 bits per heavy atom. The van der Waals surface area contributed by atoms with Crippen LogP contribution >= 0.6 is 11.3 Å². The summed E-state index contributed by atoms with van der Waals surface area (Å²) in [5.41, 5.74) is 1.73. The molecule has 27 heavy (non-hydrogen) atoms. The van der Waals surface area contributed by atoms with Crippen molar-refractivity contribution in [2.75, 3.05) is 11.5 Å². The summed E-state index contributed by atoms with van der Waals surface area (Å²) in [6.45, 7) is 2.13. The molecule has 1 unspecified atom stereocenters. The Bertz CT molecular complexity index is 936. The first kappa shape index (κ1) is 17.5. The number of para-hydroxylation sites is 1. The van der Waals surface area contributed by atoms with Gasteiger partial charge in [0, 0.05) is 11.5 Å². The van der Waals surface area contributed by atoms with Gasteiger partial charge in [0.15, 0.2) is 23.0 Å². The van der Waals surface area contributed by atoms with E-state index in [-0.39, 0.29) is 39.5 Å². The van der Waals surface area contributed by atoms with E-state index in [2.05, 4.69) is 10.2 Å². The maximum absolute atomic E-state index is 12.8. The minimum absolute atomic E-state index is 0.0124. The van der Waals surface area contributed by atoms with Gasteiger partial charge in [0.2, 0.25) is 5.13 Å². The number of anilines is 1. The predicted octanol–water partition coefficient (Wildman–Crippen LogP) is 2.52. The fraction of sp³-hybridized carbons (Fsp3) is 0.333. The summed E-state index contributed by atoms with van der Waals surface area (Å²) in [5, 5.41) is 29.1. The van der Waals surface area contributed by atoms with Crippen LogP contribution in [0.1, 0.15) is 31.4 Å². The van der Waals surface area contributed by atoms with Crippen molar-refractivity contribution in [1.82, 2.24) is 10.2 Å². The number of carbonyl (C=O) groups is 2. The monoisotopic (exact) mass is 387 g/mol. The first-order chi connectivity index (χ1) is 13.0. The van der Waals surface area contributed by atoms with Crippen LogP contribution < -0.4 is 9.64 Å². The first-order valence-electron chi connectivity index (χ1n) is 8.56. The molecule has 1 amide bonds. The molecule has 2 N–H and O–H groups in total. The Hall–Kier alpha value is -2.94. The van der Waals surface area contributed by atoms with Gasteiger partial charge in [-0.05, 0) is 25.8 Å². The van der Waals surface area contributed by atoms with E-state index in [1.54, 1.807) is 25.1 Å². The Morgan fingerprint density at radius 3 is 2.78 bits per heavy atom. The van der Waals surface area contributed by atoms with E-state index in [1.165, 1.54) is 10.4 Å². The second kappa shape index (κ2) is 6.66. The van der Waals surface area contributed by atoms with Crippen LogP contribution in [-0.2, 0) is 9.59 Å². The zero-order valence-corrected chi connectivity index (χ0v) is 15.3. The molecule has 1 aliphatic carbocycles. The Kier molecular flexibility index (Phi) is 4.31. The summed E-state index contributed by atoms with van der Waals surface area (Å²) in [6.07, 6.45) is 1.45. The zero-order valence-electron chi connectivity index (χ0n) is 14.5. The van der Waals surface area contributed by atoms with Crippen molar-refractivity contribution in [1.29, 1.82) is 0 Å². The Labute approximate surface area is 158 Å². The van der Waals surface area contributed by atoms with Gasteiger partial charge in [0.25, 0.3) is 5.91 Å². The van der Waals surface area contributed by atoms with Crippen LogP contribution in [0.25, 0.3) is 0 Å². The largest absolute Gasteiger partial charge is 0.504 e. The van der Waals surface area contributed by atoms with Gasteiger partial charge in [-0.25, -0.2) is 0 Å². The number of aliphatic hydroxyl groups is 1. The van der Waals surface area contributed by atoms with Gasteiger partial charge in [0.05, 0.1) is 12.2 Å². The molecule has 2 aliphatic rings. The van der Waals surface area contributed by atoms with E-state index >= 15 is 0 Å². The van der Waals surface area contributed by atoms with Gasteiger partial charge in [-0.1, -0.05) is 23.5 Å². The van der Waals surface area contributed by atoms with E-state index < -0.39 is 17.7 Å². The lowest BCUT2D eigenvalue weighted by Crippen LogP contribution is -2.31. The van der Waals surface area contributed by atoms with Gasteiger partial charge >= 0.3 is 0 Å². The summed E-state index contributed by atoms with van der Waals surface area (Å²) < 4.78 is 5.43. The molecule has 2 heterocycles. The number of hydrogen-bond donors (Lipinski definition) is 2. The van der Waals surface area contributed by atoms with Crippen molar-refractivity contribution in [2.45, 2.75) is 25.8 Å². The highest BCUT2D eigenvalue weighted by molar-refractivity contribution is 7.13. The lowest BCUT2D eigenvalue weighted by molar-refractivity contribution is -0.118. The fourth-order valence-corrected chi connectivity index (χ4v) is 3.80. The Morgan fingerprint density at radius 2 is 2.15 bits per heavy atom. The van der Waals surface area contributed by atoms with Crippen LogP contribution in [0.15, 0.2) is 35.0 Å². The second-order valence-electron chi connectivity index (χ2n) is 6.33. The highest BCUT2D eigenvalue weighted by Gasteiger charge is 2.49. The number of benzene rings is 1. The van der Waals surface area contributed by atoms with Gasteiger partial charge in [-0.2, -0.15) is 0 Å². The summed E-state index contributed by atoms with van der Waals surface area (Å²) in [4.78, 5) is 26.8. The van der Waals surface area contributed by atoms with Crippen molar-refractivity contribution in [3.8, 4) is 11.5 Å². The minimum atomic E-state index is -0.987. The first-order valence-corrected chi connectivity index (χ1v) is 9.44. The molecule has 1 aromatic carbocycles. The van der Waals surface area contributed by atoms with Crippen LogP contribution in [0, 0.1) is 5.92 Å². The van der Waals surface area contributed by atoms with Crippen molar-refractivity contribution in [2.24, 2.45) is 5.92 Å². The van der Waals surface area contributed by atoms with Crippen molar-refractivity contribution in [3.05, 3.63) is 40.6 Å². The van der Waals surface area contributed by atoms with Crippen LogP contribution in [0.3, 0.4) is 0 Å². The van der Waals surface area contributed by atoms with Gasteiger partial charge in [-0.3, -0.25) is 14.5 Å². The molecule has 1 aromatic heterocycles. The average Bonchev–Trinajstić information content (AvgIpc) is 3.31. The molecule has 4 rings (SSSR count). The molecule has 0 spiro atoms. The molecule has 1 aliphatic heterocycles. The number of ether oxygens (including phenoxy) is 1. The zero-order chi connectivity index (χ0) is 19.1. The maximum Gasteiger partial charge on any atom is 0.296 e. The maximum atomic E-state index is 12.8. The number of phenols is 1. The van der Waals surface area contributed by atoms with E-state index in [4.69, 9.17) is 4.74 Å². The van der Waals surface area contributed by atoms with E-state index in [1.807, 2.05) is 0 Å². The molecule has 1 saturated carbocycles. The SMILES string of the molecule is CCOc1cccc(C2C(C(=O)C3CC3)=C(O)C(=O)N2c2nncs2)c1O. The predicted molar refractivity (Wildman–Crippen MR) is 96.8 cm³/mol. The van der Waals surface area contributed by atoms with E-state index in [9.17, 15) is 19.8 Å². The van der Waals surface area contributed by atoms with Gasteiger partial charge in [-0.15, -0.1) is 10.2 Å². The van der Waals surface area contributed by atoms with Crippen LogP contribution in [0.4, 0.5) is 5.13 Å². The summed E-state index contributed by atoms with van der Waals surface area (Å²) in [7, 11) is 0. The third kappa shape index (κ3) is 2.84. The van der Waals surface area contributed by atoms with E-state index in [0.717, 1.165) is 24.2 Å². The van der Waals surface area contributed by atoms with Gasteiger partial charge < -0.3 is 14.9 Å². The smallest absolute Gasteiger partial charge is 0.296 e. The van der Waals surface area contributed by atoms with Crippen LogP contribution in [0.2, 0.25) is 0 Å². The summed E-state index contributed by atoms with van der Waals surface area (Å²) in [5.74, 6) is -1.76. The van der Waals surface area contributed by atoms with Crippen molar-refractivity contribution < 1.29 is 24.5 Å². The molecule has 0 saturated heterocycles. The lowest BCUT2D eigenvalue weighted by Gasteiger charge is -2.25. The molecular weight excluding hydrogens is 370 g/mol. The topological polar surface area (TPSA) is 113 Å². The number of carbonyl (C=O) groups excluding carboxylic acids is 2. The molecular formula is C18H17N3O5S. The average molecular weight is 387 g/mol. The standard InChI is InChI=1S/C18H17N3O5S/c1-2-26-11-5-3-4-10(15(11)23)13-12(14(22)9-6-7-9)16(24)17(25)21(13)18-20-19-8-27-18/h3-5,8-9,13,23-24H,2,6-7H2,1H3. The Balaban J connectivity index is 1.88. The number of Topliss-reactive ketones (excluding diaryl/α,β-unsaturated/α-hetero) is 1. The summed E-state index contributed by atoms with van der Waals surface area (Å²) >= 11 is 1.10. The number of ketones is 1. The second-order valence-corrected chi connectivity index (χ2v) is 7.14. The minimum Gasteiger partial charge on any atom is -0.504 e. The number of aromatic nitrogens is 2. The number of rotatable bonds is 6. The number of amides is 1.